The molecular formula is C16H24N2O4S. The summed E-state index contributed by atoms with van der Waals surface area (Å²) in [6, 6.07) is 6.39. The van der Waals surface area contributed by atoms with E-state index in [1.54, 1.807) is 26.2 Å². The Kier molecular flexibility index (Phi) is 5.64. The molecule has 23 heavy (non-hydrogen) atoms. The second-order valence-electron chi connectivity index (χ2n) is 6.04. The summed E-state index contributed by atoms with van der Waals surface area (Å²) in [5.74, 6) is 0.417. The van der Waals surface area contributed by atoms with E-state index in [1.165, 1.54) is 36.9 Å². The molecule has 0 atom stereocenters. The Balaban J connectivity index is 2.05. The Morgan fingerprint density at radius 2 is 1.70 bits per heavy atom. The number of carbonyl (C=O) groups excluding carboxylic acids is 1. The average Bonchev–Trinajstić information content (AvgIpc) is 3.00. The van der Waals surface area contributed by atoms with Crippen LogP contribution in [0.1, 0.15) is 25.7 Å². The van der Waals surface area contributed by atoms with Crippen molar-refractivity contribution in [1.29, 1.82) is 0 Å². The number of rotatable bonds is 6. The molecule has 0 spiro atoms. The van der Waals surface area contributed by atoms with Crippen molar-refractivity contribution in [1.82, 2.24) is 9.21 Å². The molecule has 7 heteroatoms. The van der Waals surface area contributed by atoms with Gasteiger partial charge in [-0.2, -0.15) is 4.31 Å². The first-order valence-corrected chi connectivity index (χ1v) is 9.18. The van der Waals surface area contributed by atoms with E-state index in [4.69, 9.17) is 4.74 Å². The summed E-state index contributed by atoms with van der Waals surface area (Å²) in [7, 11) is 0.912. The van der Waals surface area contributed by atoms with Crippen molar-refractivity contribution in [2.75, 3.05) is 27.7 Å². The van der Waals surface area contributed by atoms with Crippen molar-refractivity contribution in [3.05, 3.63) is 24.3 Å². The third kappa shape index (κ3) is 4.45. The van der Waals surface area contributed by atoms with Crippen LogP contribution in [0.15, 0.2) is 29.2 Å². The molecular weight excluding hydrogens is 316 g/mol. The number of ether oxygens (including phenoxy) is 1. The van der Waals surface area contributed by atoms with E-state index in [0.717, 1.165) is 17.1 Å². The minimum Gasteiger partial charge on any atom is -0.490 e. The maximum Gasteiger partial charge on any atom is 0.243 e. The molecule has 128 valence electrons. The van der Waals surface area contributed by atoms with Gasteiger partial charge in [0.15, 0.2) is 0 Å². The Morgan fingerprint density at radius 3 is 2.22 bits per heavy atom. The SMILES string of the molecule is CN(C)C(=O)CN(C)S(=O)(=O)c1ccc(OC2CCCC2)cc1. The molecule has 1 aromatic carbocycles. The highest BCUT2D eigenvalue weighted by molar-refractivity contribution is 7.89. The van der Waals surface area contributed by atoms with Crippen LogP contribution < -0.4 is 4.74 Å². The number of benzene rings is 1. The summed E-state index contributed by atoms with van der Waals surface area (Å²) in [5.41, 5.74) is 0. The molecule has 0 aromatic heterocycles. The van der Waals surface area contributed by atoms with Crippen LogP contribution in [0.2, 0.25) is 0 Å². The molecule has 1 aliphatic rings. The molecule has 0 unspecified atom stereocenters. The van der Waals surface area contributed by atoms with Crippen LogP contribution in [-0.2, 0) is 14.8 Å². The Morgan fingerprint density at radius 1 is 1.13 bits per heavy atom. The zero-order valence-electron chi connectivity index (χ0n) is 13.9. The van der Waals surface area contributed by atoms with Gasteiger partial charge in [-0.1, -0.05) is 0 Å². The third-order valence-corrected chi connectivity index (χ3v) is 5.81. The fraction of sp³-hybridized carbons (Fsp3) is 0.562. The van der Waals surface area contributed by atoms with Crippen LogP contribution in [0.4, 0.5) is 0 Å². The van der Waals surface area contributed by atoms with E-state index in [2.05, 4.69) is 0 Å². The van der Waals surface area contributed by atoms with Crippen molar-refractivity contribution in [3.8, 4) is 5.75 Å². The molecule has 1 aliphatic carbocycles. The van der Waals surface area contributed by atoms with E-state index in [1.807, 2.05) is 0 Å². The first kappa shape index (κ1) is 17.7. The Bertz CT molecular complexity index is 635. The molecule has 0 N–H and O–H groups in total. The molecule has 0 bridgehead atoms. The number of carbonyl (C=O) groups is 1. The van der Waals surface area contributed by atoms with Crippen molar-refractivity contribution >= 4 is 15.9 Å². The molecule has 2 rings (SSSR count). The first-order chi connectivity index (χ1) is 10.8. The van der Waals surface area contributed by atoms with Crippen molar-refractivity contribution < 1.29 is 17.9 Å². The van der Waals surface area contributed by atoms with Gasteiger partial charge in [-0.15, -0.1) is 0 Å². The van der Waals surface area contributed by atoms with Crippen molar-refractivity contribution in [3.63, 3.8) is 0 Å². The lowest BCUT2D eigenvalue weighted by molar-refractivity contribution is -0.128. The smallest absolute Gasteiger partial charge is 0.243 e. The lowest BCUT2D eigenvalue weighted by Crippen LogP contribution is -2.37. The lowest BCUT2D eigenvalue weighted by Gasteiger charge is -2.19. The molecule has 1 saturated carbocycles. The zero-order valence-corrected chi connectivity index (χ0v) is 14.7. The van der Waals surface area contributed by atoms with Crippen LogP contribution in [0.25, 0.3) is 0 Å². The number of likely N-dealkylation sites (N-methyl/N-ethyl adjacent to an activating group) is 2. The second-order valence-corrected chi connectivity index (χ2v) is 8.09. The second kappa shape index (κ2) is 7.31. The number of amides is 1. The molecule has 0 saturated heterocycles. The van der Waals surface area contributed by atoms with Gasteiger partial charge in [0.2, 0.25) is 15.9 Å². The van der Waals surface area contributed by atoms with Gasteiger partial charge in [-0.05, 0) is 49.9 Å². The van der Waals surface area contributed by atoms with E-state index < -0.39 is 10.0 Å². The maximum atomic E-state index is 12.5. The Labute approximate surface area is 138 Å². The predicted octanol–water partition coefficient (Wildman–Crippen LogP) is 1.72. The van der Waals surface area contributed by atoms with Gasteiger partial charge in [0.05, 0.1) is 17.5 Å². The van der Waals surface area contributed by atoms with E-state index in [0.29, 0.717) is 5.75 Å². The van der Waals surface area contributed by atoms with Crippen LogP contribution in [0.5, 0.6) is 5.75 Å². The van der Waals surface area contributed by atoms with Gasteiger partial charge in [0.1, 0.15) is 5.75 Å². The monoisotopic (exact) mass is 340 g/mol. The minimum atomic E-state index is -3.68. The largest absolute Gasteiger partial charge is 0.490 e. The first-order valence-electron chi connectivity index (χ1n) is 7.74. The molecule has 1 fully saturated rings. The van der Waals surface area contributed by atoms with Crippen LogP contribution in [0, 0.1) is 0 Å². The van der Waals surface area contributed by atoms with E-state index in [9.17, 15) is 13.2 Å². The summed E-state index contributed by atoms with van der Waals surface area (Å²) in [6.45, 7) is -0.185. The summed E-state index contributed by atoms with van der Waals surface area (Å²) >= 11 is 0. The number of hydrogen-bond acceptors (Lipinski definition) is 4. The van der Waals surface area contributed by atoms with Crippen LogP contribution in [0.3, 0.4) is 0 Å². The quantitative estimate of drug-likeness (QED) is 0.791. The van der Waals surface area contributed by atoms with Crippen LogP contribution >= 0.6 is 0 Å². The zero-order chi connectivity index (χ0) is 17.0. The Hall–Kier alpha value is -1.60. The van der Waals surface area contributed by atoms with Gasteiger partial charge in [0, 0.05) is 21.1 Å². The van der Waals surface area contributed by atoms with Gasteiger partial charge < -0.3 is 9.64 Å². The highest BCUT2D eigenvalue weighted by Crippen LogP contribution is 2.25. The van der Waals surface area contributed by atoms with Crippen molar-refractivity contribution in [2.45, 2.75) is 36.7 Å². The van der Waals surface area contributed by atoms with Gasteiger partial charge >= 0.3 is 0 Å². The number of nitrogens with zero attached hydrogens (tertiary/aromatic N) is 2. The lowest BCUT2D eigenvalue weighted by atomic mass is 10.3. The van der Waals surface area contributed by atoms with Crippen LogP contribution in [-0.4, -0.2) is 57.3 Å². The standard InChI is InChI=1S/C16H24N2O4S/c1-17(2)16(19)12-18(3)23(20,21)15-10-8-14(9-11-15)22-13-6-4-5-7-13/h8-11,13H,4-7,12H2,1-3H3. The molecule has 0 radical (unpaired) electrons. The van der Waals surface area contributed by atoms with Crippen molar-refractivity contribution in [2.24, 2.45) is 0 Å². The van der Waals surface area contributed by atoms with Gasteiger partial charge in [0.25, 0.3) is 0 Å². The molecule has 1 aromatic rings. The molecule has 6 nitrogen and oxygen atoms in total. The summed E-state index contributed by atoms with van der Waals surface area (Å²) in [5, 5.41) is 0. The van der Waals surface area contributed by atoms with E-state index >= 15 is 0 Å². The van der Waals surface area contributed by atoms with Gasteiger partial charge in [-0.25, -0.2) is 8.42 Å². The maximum absolute atomic E-state index is 12.5. The molecule has 0 aliphatic heterocycles. The highest BCUT2D eigenvalue weighted by Gasteiger charge is 2.24. The third-order valence-electron chi connectivity index (χ3n) is 3.99. The normalized spacial score (nSPS) is 15.8. The number of sulfonamides is 1. The fourth-order valence-electron chi connectivity index (χ4n) is 2.49. The summed E-state index contributed by atoms with van der Waals surface area (Å²) in [6.07, 6.45) is 4.70. The minimum absolute atomic E-state index is 0.158. The van der Waals surface area contributed by atoms with Gasteiger partial charge in [-0.3, -0.25) is 4.79 Å². The van der Waals surface area contributed by atoms with E-state index in [-0.39, 0.29) is 23.5 Å². The topological polar surface area (TPSA) is 66.9 Å². The summed E-state index contributed by atoms with van der Waals surface area (Å²) in [4.78, 5) is 13.2. The average molecular weight is 340 g/mol. The predicted molar refractivity (Wildman–Crippen MR) is 87.8 cm³/mol. The fourth-order valence-corrected chi connectivity index (χ4v) is 3.61. The highest BCUT2D eigenvalue weighted by atomic mass is 32.2. The molecule has 1 amide bonds. The molecule has 0 heterocycles. The summed E-state index contributed by atoms with van der Waals surface area (Å²) < 4.78 is 31.8. The number of hydrogen-bond donors (Lipinski definition) is 0.